The van der Waals surface area contributed by atoms with Crippen molar-refractivity contribution in [3.8, 4) is 0 Å². The van der Waals surface area contributed by atoms with Gasteiger partial charge in [0.1, 0.15) is 0 Å². The first-order valence-corrected chi connectivity index (χ1v) is 6.81. The lowest BCUT2D eigenvalue weighted by atomic mass is 9.74. The minimum Gasteiger partial charge on any atom is -0.449 e. The smallest absolute Gasteiger partial charge is 0.417 e. The van der Waals surface area contributed by atoms with E-state index in [-0.39, 0.29) is 5.57 Å². The lowest BCUT2D eigenvalue weighted by molar-refractivity contribution is -0.454. The van der Waals surface area contributed by atoms with Crippen LogP contribution >= 0.6 is 0 Å². The number of alkyl halides is 5. The van der Waals surface area contributed by atoms with E-state index in [1.807, 2.05) is 0 Å². The van der Waals surface area contributed by atoms with Crippen LogP contribution in [-0.2, 0) is 14.3 Å². The number of hydrogen-bond donors (Lipinski definition) is 1. The van der Waals surface area contributed by atoms with Gasteiger partial charge < -0.3 is 14.6 Å². The highest BCUT2D eigenvalue weighted by Crippen LogP contribution is 2.57. The Bertz CT molecular complexity index is 514. The van der Waals surface area contributed by atoms with Gasteiger partial charge in [0.2, 0.25) is 5.79 Å². The van der Waals surface area contributed by atoms with Gasteiger partial charge in [-0.1, -0.05) is 13.5 Å². The average molecular weight is 346 g/mol. The number of rotatable bonds is 3. The van der Waals surface area contributed by atoms with Crippen molar-refractivity contribution in [2.75, 3.05) is 0 Å². The molecule has 0 bridgehead atoms. The lowest BCUT2D eigenvalue weighted by Gasteiger charge is -2.55. The highest BCUT2D eigenvalue weighted by molar-refractivity contribution is 5.87. The highest BCUT2D eigenvalue weighted by Gasteiger charge is 2.77. The quantitative estimate of drug-likeness (QED) is 0.484. The molecular weight excluding hydrogens is 327 g/mol. The van der Waals surface area contributed by atoms with Crippen LogP contribution in [0.4, 0.5) is 22.0 Å². The Kier molecular flexibility index (Phi) is 4.66. The van der Waals surface area contributed by atoms with E-state index in [0.29, 0.717) is 13.8 Å². The van der Waals surface area contributed by atoms with Crippen LogP contribution in [0.2, 0.25) is 0 Å². The van der Waals surface area contributed by atoms with E-state index >= 15 is 0 Å². The van der Waals surface area contributed by atoms with E-state index in [0.717, 1.165) is 6.92 Å². The highest BCUT2D eigenvalue weighted by atomic mass is 19.4. The summed E-state index contributed by atoms with van der Waals surface area (Å²) in [6.07, 6.45) is -7.09. The number of carbonyl (C=O) groups is 1. The van der Waals surface area contributed by atoms with Crippen molar-refractivity contribution in [3.63, 3.8) is 0 Å². The van der Waals surface area contributed by atoms with Crippen LogP contribution in [0.15, 0.2) is 12.2 Å². The number of hydrogen-bond acceptors (Lipinski definition) is 4. The Labute approximate surface area is 130 Å². The number of aliphatic hydroxyl groups is 1. The second kappa shape index (κ2) is 5.41. The van der Waals surface area contributed by atoms with Gasteiger partial charge >= 0.3 is 18.1 Å². The summed E-state index contributed by atoms with van der Waals surface area (Å²) < 4.78 is 78.0. The third kappa shape index (κ3) is 2.96. The Morgan fingerprint density at radius 3 is 2.17 bits per heavy atom. The molecule has 1 saturated heterocycles. The van der Waals surface area contributed by atoms with Gasteiger partial charge in [-0.15, -0.1) is 0 Å². The molecule has 0 saturated carbocycles. The van der Waals surface area contributed by atoms with Crippen molar-refractivity contribution in [1.29, 1.82) is 0 Å². The van der Waals surface area contributed by atoms with E-state index < -0.39 is 47.9 Å². The summed E-state index contributed by atoms with van der Waals surface area (Å²) >= 11 is 0. The predicted octanol–water partition coefficient (Wildman–Crippen LogP) is 3.34. The van der Waals surface area contributed by atoms with Gasteiger partial charge in [-0.05, 0) is 27.2 Å². The zero-order valence-corrected chi connectivity index (χ0v) is 13.2. The molecule has 9 heteroatoms. The number of carbonyl (C=O) groups excluding carboxylic acids is 1. The van der Waals surface area contributed by atoms with Gasteiger partial charge in [0.25, 0.3) is 0 Å². The van der Waals surface area contributed by atoms with E-state index in [9.17, 15) is 31.9 Å². The molecule has 0 aromatic rings. The average Bonchev–Trinajstić information content (AvgIpc) is 2.33. The van der Waals surface area contributed by atoms with Crippen molar-refractivity contribution in [1.82, 2.24) is 0 Å². The molecule has 1 N–H and O–H groups in total. The van der Waals surface area contributed by atoms with Crippen LogP contribution in [-0.4, -0.2) is 40.2 Å². The van der Waals surface area contributed by atoms with Gasteiger partial charge in [-0.3, -0.25) is 0 Å². The fourth-order valence-electron chi connectivity index (χ4n) is 2.56. The molecule has 1 heterocycles. The van der Waals surface area contributed by atoms with Crippen LogP contribution in [0, 0.1) is 0 Å². The maximum Gasteiger partial charge on any atom is 0.417 e. The van der Waals surface area contributed by atoms with E-state index in [2.05, 4.69) is 11.3 Å². The molecule has 0 aliphatic carbocycles. The minimum absolute atomic E-state index is 0.256. The molecule has 4 nitrogen and oxygen atoms in total. The molecule has 0 spiro atoms. The van der Waals surface area contributed by atoms with Crippen molar-refractivity contribution < 1.29 is 41.3 Å². The van der Waals surface area contributed by atoms with E-state index in [4.69, 9.17) is 4.74 Å². The Hall–Kier alpha value is -1.22. The molecule has 0 radical (unpaired) electrons. The van der Waals surface area contributed by atoms with E-state index in [1.54, 1.807) is 0 Å². The molecule has 23 heavy (non-hydrogen) atoms. The Morgan fingerprint density at radius 2 is 1.83 bits per heavy atom. The third-order valence-corrected chi connectivity index (χ3v) is 4.01. The number of halogens is 5. The van der Waals surface area contributed by atoms with Crippen LogP contribution < -0.4 is 0 Å². The van der Waals surface area contributed by atoms with Crippen LogP contribution in [0.5, 0.6) is 0 Å². The Balaban J connectivity index is 3.50. The van der Waals surface area contributed by atoms with Crippen molar-refractivity contribution >= 4 is 5.97 Å². The van der Waals surface area contributed by atoms with Gasteiger partial charge in [0, 0.05) is 12.0 Å². The summed E-state index contributed by atoms with van der Waals surface area (Å²) in [6, 6.07) is 0. The van der Waals surface area contributed by atoms with Crippen LogP contribution in [0.3, 0.4) is 0 Å². The molecule has 0 aromatic carbocycles. The molecular formula is C14H19F5O4. The first-order valence-electron chi connectivity index (χ1n) is 6.81. The van der Waals surface area contributed by atoms with Gasteiger partial charge in [0.05, 0.1) is 0 Å². The zero-order valence-electron chi connectivity index (χ0n) is 13.2. The maximum atomic E-state index is 14.6. The summed E-state index contributed by atoms with van der Waals surface area (Å²) in [6.45, 7) is 6.46. The van der Waals surface area contributed by atoms with Crippen molar-refractivity contribution in [3.05, 3.63) is 12.2 Å². The fraction of sp³-hybridized carbons (Fsp3) is 0.786. The predicted molar refractivity (Wildman–Crippen MR) is 69.7 cm³/mol. The Morgan fingerprint density at radius 1 is 1.35 bits per heavy atom. The minimum atomic E-state index is -5.07. The number of ether oxygens (including phenoxy) is 2. The van der Waals surface area contributed by atoms with Gasteiger partial charge in [-0.2, -0.15) is 22.0 Å². The van der Waals surface area contributed by atoms with E-state index in [1.165, 1.54) is 6.92 Å². The molecule has 3 unspecified atom stereocenters. The first kappa shape index (κ1) is 19.8. The molecule has 0 aromatic heterocycles. The normalized spacial score (nSPS) is 37.3. The summed E-state index contributed by atoms with van der Waals surface area (Å²) in [5, 5.41) is 9.83. The lowest BCUT2D eigenvalue weighted by Crippen LogP contribution is -2.74. The van der Waals surface area contributed by atoms with Crippen molar-refractivity contribution in [2.24, 2.45) is 0 Å². The molecule has 134 valence electrons. The molecule has 1 fully saturated rings. The molecule has 1 aliphatic heterocycles. The monoisotopic (exact) mass is 346 g/mol. The largest absolute Gasteiger partial charge is 0.449 e. The zero-order chi connectivity index (χ0) is 18.5. The third-order valence-electron chi connectivity index (χ3n) is 4.01. The standard InChI is InChI=1S/C14H19F5O4/c1-6-12(22-9(20)8(2)3)7-10(4,14(17,18)19)23-11(5,21)13(12,15)16/h21H,2,6-7H2,1,3-5H3. The summed E-state index contributed by atoms with van der Waals surface area (Å²) in [7, 11) is 0. The number of esters is 1. The molecule has 1 rings (SSSR count). The molecule has 1 aliphatic rings. The van der Waals surface area contributed by atoms with Crippen molar-refractivity contribution in [2.45, 2.75) is 69.6 Å². The van der Waals surface area contributed by atoms with Crippen LogP contribution in [0.25, 0.3) is 0 Å². The second-order valence-corrected chi connectivity index (χ2v) is 6.08. The maximum absolute atomic E-state index is 14.6. The van der Waals surface area contributed by atoms with Crippen LogP contribution in [0.1, 0.15) is 40.5 Å². The van der Waals surface area contributed by atoms with Gasteiger partial charge in [0.15, 0.2) is 11.2 Å². The summed E-state index contributed by atoms with van der Waals surface area (Å²) in [5.41, 5.74) is -6.27. The van der Waals surface area contributed by atoms with Gasteiger partial charge in [-0.25, -0.2) is 4.79 Å². The summed E-state index contributed by atoms with van der Waals surface area (Å²) in [5.74, 6) is -9.03. The topological polar surface area (TPSA) is 55.8 Å². The second-order valence-electron chi connectivity index (χ2n) is 6.08. The SMILES string of the molecule is C=C(C)C(=O)OC1(CC)CC(C)(C(F)(F)F)OC(C)(O)C1(F)F. The molecule has 3 atom stereocenters. The molecule has 0 amide bonds. The first-order chi connectivity index (χ1) is 10.1. The fourth-order valence-corrected chi connectivity index (χ4v) is 2.56. The summed E-state index contributed by atoms with van der Waals surface area (Å²) in [4.78, 5) is 11.7.